The van der Waals surface area contributed by atoms with Crippen LogP contribution in [-0.4, -0.2) is 36.8 Å². The molecule has 0 radical (unpaired) electrons. The molecule has 1 aliphatic rings. The summed E-state index contributed by atoms with van der Waals surface area (Å²) < 4.78 is 13.0. The number of imidazole rings is 1. The van der Waals surface area contributed by atoms with Crippen molar-refractivity contribution in [3.8, 4) is 22.9 Å². The summed E-state index contributed by atoms with van der Waals surface area (Å²) in [5.41, 5.74) is 3.65. The number of halogens is 1. The Morgan fingerprint density at radius 1 is 1.12 bits per heavy atom. The number of benzene rings is 2. The van der Waals surface area contributed by atoms with Gasteiger partial charge in [0.2, 0.25) is 11.6 Å². The molecule has 0 saturated heterocycles. The van der Waals surface area contributed by atoms with Gasteiger partial charge in [0.05, 0.1) is 0 Å². The van der Waals surface area contributed by atoms with E-state index in [0.29, 0.717) is 28.2 Å². The number of nitrogens with one attached hydrogen (secondary N) is 1. The highest BCUT2D eigenvalue weighted by Crippen LogP contribution is 2.37. The summed E-state index contributed by atoms with van der Waals surface area (Å²) in [7, 11) is 1.69. The second-order valence-electron chi connectivity index (χ2n) is 10.1. The van der Waals surface area contributed by atoms with E-state index < -0.39 is 11.9 Å². The van der Waals surface area contributed by atoms with Gasteiger partial charge in [-0.05, 0) is 55.2 Å². The molecule has 1 aliphatic carbocycles. The zero-order valence-electron chi connectivity index (χ0n) is 22.1. The fourth-order valence-electron chi connectivity index (χ4n) is 5.59. The molecule has 1 saturated carbocycles. The van der Waals surface area contributed by atoms with Gasteiger partial charge in [-0.2, -0.15) is 0 Å². The van der Waals surface area contributed by atoms with Crippen LogP contribution in [0, 0.1) is 11.8 Å². The molecule has 0 bridgehead atoms. The molecule has 1 unspecified atom stereocenters. The fourth-order valence-corrected chi connectivity index (χ4v) is 5.78. The highest BCUT2D eigenvalue weighted by molar-refractivity contribution is 6.30. The molecular weight excluding hydrogens is 528 g/mol. The highest BCUT2D eigenvalue weighted by Gasteiger charge is 2.29. The van der Waals surface area contributed by atoms with E-state index in [-0.39, 0.29) is 11.6 Å². The highest BCUT2D eigenvalue weighted by atomic mass is 35.5. The van der Waals surface area contributed by atoms with Gasteiger partial charge in [-0.3, -0.25) is 9.51 Å². The lowest BCUT2D eigenvalue weighted by atomic mass is 9.82. The number of aromatic amines is 1. The smallest absolute Gasteiger partial charge is 0.369 e. The lowest BCUT2D eigenvalue weighted by Crippen LogP contribution is -2.21. The third kappa shape index (κ3) is 5.10. The molecule has 1 N–H and O–H groups in total. The van der Waals surface area contributed by atoms with Crippen molar-refractivity contribution in [1.82, 2.24) is 29.7 Å². The summed E-state index contributed by atoms with van der Waals surface area (Å²) in [6.45, 7) is 4.74. The second kappa shape index (κ2) is 11.2. The largest absolute Gasteiger partial charge is 0.439 e. The fraction of sp³-hybridized carbons (Fsp3) is 0.300. The quantitative estimate of drug-likeness (QED) is 0.226. The molecule has 3 aromatic heterocycles. The minimum absolute atomic E-state index is 0.125. The molecule has 10 heteroatoms. The number of fused-ring (bicyclic) bond motifs is 1. The van der Waals surface area contributed by atoms with E-state index in [4.69, 9.17) is 35.8 Å². The molecule has 9 nitrogen and oxygen atoms in total. The second-order valence-corrected chi connectivity index (χ2v) is 10.6. The number of H-pyrrole nitrogens is 1. The van der Waals surface area contributed by atoms with Crippen LogP contribution in [0.25, 0.3) is 34.1 Å². The molecule has 0 aliphatic heterocycles. The Morgan fingerprint density at radius 2 is 1.93 bits per heavy atom. The summed E-state index contributed by atoms with van der Waals surface area (Å²) in [5, 5.41) is 4.40. The van der Waals surface area contributed by atoms with Crippen molar-refractivity contribution in [3.63, 3.8) is 0 Å². The van der Waals surface area contributed by atoms with Gasteiger partial charge in [-0.25, -0.2) is 19.7 Å². The number of allylic oxidation sites excluding steroid dienone is 1. The van der Waals surface area contributed by atoms with E-state index in [1.807, 2.05) is 54.6 Å². The molecular formula is C30H29ClN6O3. The Labute approximate surface area is 235 Å². The Morgan fingerprint density at radius 3 is 2.60 bits per heavy atom. The Balaban J connectivity index is 1.59. The zero-order chi connectivity index (χ0) is 27.6. The number of methoxy groups -OCH3 is 1. The van der Waals surface area contributed by atoms with Crippen molar-refractivity contribution in [1.29, 1.82) is 0 Å². The van der Waals surface area contributed by atoms with Crippen LogP contribution in [0.4, 0.5) is 0 Å². The van der Waals surface area contributed by atoms with Crippen molar-refractivity contribution in [2.24, 2.45) is 11.8 Å². The first-order valence-electron chi connectivity index (χ1n) is 13.3. The van der Waals surface area contributed by atoms with Gasteiger partial charge in [0.25, 0.3) is 0 Å². The van der Waals surface area contributed by atoms with Gasteiger partial charge >= 0.3 is 5.76 Å². The van der Waals surface area contributed by atoms with Crippen LogP contribution in [0.5, 0.6) is 0 Å². The lowest BCUT2D eigenvalue weighted by Gasteiger charge is -2.28. The molecule has 6 rings (SSSR count). The standard InChI is InChI=1S/C30H29ClN6O3/c1-3-18-12-14-19(15-13-18)17-37-24-23(21-10-7-11-22(31)16-21)32-27(28-35-30(38)40-36-28)33-26(24)34-29(37)25(39-2)20-8-5-4-6-9-20/h3-11,16,18-19,25H,1,12-15,17H2,2H3,(H,35,36,38)/t18-,19-,25?. The number of hydrogen-bond donors (Lipinski definition) is 1. The van der Waals surface area contributed by atoms with Crippen molar-refractivity contribution in [2.45, 2.75) is 38.3 Å². The van der Waals surface area contributed by atoms with E-state index in [0.717, 1.165) is 54.7 Å². The van der Waals surface area contributed by atoms with E-state index in [9.17, 15) is 4.79 Å². The third-order valence-electron chi connectivity index (χ3n) is 7.62. The number of aromatic nitrogens is 6. The van der Waals surface area contributed by atoms with Crippen LogP contribution in [0.1, 0.15) is 43.2 Å². The minimum Gasteiger partial charge on any atom is -0.369 e. The Hall–Kier alpha value is -4.08. The third-order valence-corrected chi connectivity index (χ3v) is 7.86. The molecule has 3 heterocycles. The predicted octanol–water partition coefficient (Wildman–Crippen LogP) is 6.22. The van der Waals surface area contributed by atoms with Crippen molar-refractivity contribution in [2.75, 3.05) is 7.11 Å². The van der Waals surface area contributed by atoms with Gasteiger partial charge in [-0.15, -0.1) is 6.58 Å². The molecule has 1 atom stereocenters. The minimum atomic E-state index is -0.687. The van der Waals surface area contributed by atoms with Gasteiger partial charge in [0.1, 0.15) is 23.1 Å². The van der Waals surface area contributed by atoms with Crippen LogP contribution in [-0.2, 0) is 11.3 Å². The lowest BCUT2D eigenvalue weighted by molar-refractivity contribution is 0.124. The maximum Gasteiger partial charge on any atom is 0.439 e. The number of nitrogens with zero attached hydrogens (tertiary/aromatic N) is 5. The van der Waals surface area contributed by atoms with Gasteiger partial charge in [-0.1, -0.05) is 65.3 Å². The SMILES string of the molecule is C=C[C@H]1CC[C@H](Cn2c(C(OC)c3ccccc3)nc3nc(-c4noc(=O)[nH]4)nc(-c4cccc(Cl)c4)c32)CC1. The van der Waals surface area contributed by atoms with Crippen LogP contribution >= 0.6 is 11.6 Å². The monoisotopic (exact) mass is 556 g/mol. The molecule has 5 aromatic rings. The molecule has 2 aromatic carbocycles. The molecule has 0 spiro atoms. The number of hydrogen-bond acceptors (Lipinski definition) is 7. The number of rotatable bonds is 8. The summed E-state index contributed by atoms with van der Waals surface area (Å²) in [4.78, 5) is 28.9. The van der Waals surface area contributed by atoms with Gasteiger partial charge < -0.3 is 9.30 Å². The normalized spacial score (nSPS) is 18.1. The van der Waals surface area contributed by atoms with E-state index in [2.05, 4.69) is 27.4 Å². The van der Waals surface area contributed by atoms with Crippen LogP contribution < -0.4 is 5.76 Å². The maximum absolute atomic E-state index is 11.7. The first-order valence-corrected chi connectivity index (χ1v) is 13.7. The van der Waals surface area contributed by atoms with Crippen molar-refractivity contribution < 1.29 is 9.26 Å². The topological polar surface area (TPSA) is 112 Å². The summed E-state index contributed by atoms with van der Waals surface area (Å²) >= 11 is 6.42. The van der Waals surface area contributed by atoms with Crippen LogP contribution in [0.3, 0.4) is 0 Å². The average molecular weight is 557 g/mol. The summed E-state index contributed by atoms with van der Waals surface area (Å²) in [6.07, 6.45) is 6.05. The van der Waals surface area contributed by atoms with Gasteiger partial charge in [0.15, 0.2) is 5.65 Å². The summed E-state index contributed by atoms with van der Waals surface area (Å²) in [5.74, 6) is 1.37. The Kier molecular flexibility index (Phi) is 7.32. The van der Waals surface area contributed by atoms with E-state index in [1.54, 1.807) is 7.11 Å². The summed E-state index contributed by atoms with van der Waals surface area (Å²) in [6, 6.07) is 17.5. The molecule has 0 amide bonds. The zero-order valence-corrected chi connectivity index (χ0v) is 22.8. The van der Waals surface area contributed by atoms with Crippen LogP contribution in [0.15, 0.2) is 76.6 Å². The predicted molar refractivity (Wildman–Crippen MR) is 153 cm³/mol. The van der Waals surface area contributed by atoms with Gasteiger partial charge in [0, 0.05) is 24.2 Å². The van der Waals surface area contributed by atoms with Crippen molar-refractivity contribution >= 4 is 22.8 Å². The Bertz CT molecular complexity index is 1700. The number of ether oxygens (including phenoxy) is 1. The van der Waals surface area contributed by atoms with E-state index in [1.165, 1.54) is 0 Å². The molecule has 1 fully saturated rings. The molecule has 204 valence electrons. The van der Waals surface area contributed by atoms with Crippen LogP contribution in [0.2, 0.25) is 5.02 Å². The van der Waals surface area contributed by atoms with Crippen molar-refractivity contribution in [3.05, 3.63) is 94.2 Å². The first-order chi connectivity index (χ1) is 19.5. The first kappa shape index (κ1) is 26.2. The molecule has 40 heavy (non-hydrogen) atoms. The maximum atomic E-state index is 11.7. The average Bonchev–Trinajstić information content (AvgIpc) is 3.57. The van der Waals surface area contributed by atoms with E-state index >= 15 is 0 Å².